The van der Waals surface area contributed by atoms with E-state index in [0.29, 0.717) is 16.3 Å². The molecule has 28 heavy (non-hydrogen) atoms. The second kappa shape index (κ2) is 8.85. The molecule has 4 N–H and O–H groups in total. The summed E-state index contributed by atoms with van der Waals surface area (Å²) in [7, 11) is 1.56. The fourth-order valence-corrected chi connectivity index (χ4v) is 4.99. The molecule has 146 valence electrons. The zero-order valence-corrected chi connectivity index (χ0v) is 18.2. The zero-order valence-electron chi connectivity index (χ0n) is 15.0. The molecule has 0 spiro atoms. The van der Waals surface area contributed by atoms with Crippen LogP contribution in [0.4, 0.5) is 5.00 Å². The number of anilines is 1. The summed E-state index contributed by atoms with van der Waals surface area (Å²) in [5.74, 6) is -0.242. The smallest absolute Gasteiger partial charge is 0.251 e. The van der Waals surface area contributed by atoms with Crippen LogP contribution in [0.3, 0.4) is 0 Å². The summed E-state index contributed by atoms with van der Waals surface area (Å²) in [5, 5.41) is 6.20. The van der Waals surface area contributed by atoms with Gasteiger partial charge >= 0.3 is 0 Å². The predicted molar refractivity (Wildman–Crippen MR) is 119 cm³/mol. The first-order chi connectivity index (χ1) is 13.4. The molecule has 6 nitrogen and oxygen atoms in total. The molecule has 0 aliphatic heterocycles. The highest BCUT2D eigenvalue weighted by molar-refractivity contribution is 9.10. The average molecular weight is 480 g/mol. The molecule has 0 radical (unpaired) electrons. The van der Waals surface area contributed by atoms with Crippen LogP contribution in [0.5, 0.6) is 5.75 Å². The number of fused-ring (bicyclic) bond motifs is 1. The highest BCUT2D eigenvalue weighted by atomic mass is 79.9. The van der Waals surface area contributed by atoms with Crippen LogP contribution >= 0.6 is 39.5 Å². The number of nitrogens with one attached hydrogen (secondary N) is 2. The van der Waals surface area contributed by atoms with Crippen molar-refractivity contribution in [1.82, 2.24) is 5.32 Å². The van der Waals surface area contributed by atoms with E-state index in [9.17, 15) is 9.59 Å². The summed E-state index contributed by atoms with van der Waals surface area (Å²) >= 11 is 10.1. The number of aryl methyl sites for hydroxylation is 1. The number of amides is 2. The number of hydrogen-bond donors (Lipinski definition) is 3. The molecule has 2 amide bonds. The van der Waals surface area contributed by atoms with E-state index in [0.717, 1.165) is 39.7 Å². The minimum atomic E-state index is -0.488. The van der Waals surface area contributed by atoms with Crippen LogP contribution in [0.2, 0.25) is 0 Å². The molecule has 1 heterocycles. The van der Waals surface area contributed by atoms with E-state index < -0.39 is 11.8 Å². The van der Waals surface area contributed by atoms with Gasteiger partial charge in [0.1, 0.15) is 10.8 Å². The second-order valence-corrected chi connectivity index (χ2v) is 8.52. The minimum absolute atomic E-state index is 0.110. The highest BCUT2D eigenvalue weighted by Gasteiger charge is 2.25. The molecule has 0 bridgehead atoms. The van der Waals surface area contributed by atoms with Gasteiger partial charge in [-0.1, -0.05) is 15.9 Å². The van der Waals surface area contributed by atoms with E-state index in [1.165, 1.54) is 17.4 Å². The van der Waals surface area contributed by atoms with Gasteiger partial charge in [0.05, 0.1) is 12.7 Å². The van der Waals surface area contributed by atoms with E-state index in [1.54, 1.807) is 19.3 Å². The molecule has 0 atom stereocenters. The lowest BCUT2D eigenvalue weighted by atomic mass is 10.1. The van der Waals surface area contributed by atoms with Crippen LogP contribution in [0, 0.1) is 0 Å². The number of methoxy groups -OCH3 is 1. The lowest BCUT2D eigenvalue weighted by Crippen LogP contribution is -2.33. The van der Waals surface area contributed by atoms with Crippen LogP contribution in [-0.4, -0.2) is 24.0 Å². The quantitative estimate of drug-likeness (QED) is 0.449. The third-order valence-corrected chi connectivity index (χ3v) is 6.14. The number of thiocarbonyl (C=S) groups is 1. The number of rotatable bonds is 5. The molecular formula is C19H18BrN3O3S2. The number of halogens is 1. The number of ether oxygens (including phenoxy) is 1. The summed E-state index contributed by atoms with van der Waals surface area (Å²) in [6, 6.07) is 5.49. The van der Waals surface area contributed by atoms with E-state index in [1.807, 2.05) is 12.1 Å². The number of carbonyl (C=O) groups is 2. The van der Waals surface area contributed by atoms with E-state index in [2.05, 4.69) is 26.6 Å². The van der Waals surface area contributed by atoms with Gasteiger partial charge in [0.25, 0.3) is 5.91 Å². The van der Waals surface area contributed by atoms with Gasteiger partial charge in [-0.25, -0.2) is 0 Å². The van der Waals surface area contributed by atoms with Crippen LogP contribution in [0.15, 0.2) is 28.7 Å². The lowest BCUT2D eigenvalue weighted by Gasteiger charge is -2.09. The first kappa shape index (κ1) is 20.5. The average Bonchev–Trinajstić information content (AvgIpc) is 3.20. The van der Waals surface area contributed by atoms with Crippen molar-refractivity contribution in [3.63, 3.8) is 0 Å². The molecule has 1 aliphatic rings. The fraction of sp³-hybridized carbons (Fsp3) is 0.211. The Hall–Kier alpha value is -2.23. The molecule has 1 aromatic carbocycles. The summed E-state index contributed by atoms with van der Waals surface area (Å²) in [5.41, 5.74) is 7.75. The van der Waals surface area contributed by atoms with Gasteiger partial charge in [0.15, 0.2) is 5.11 Å². The summed E-state index contributed by atoms with van der Waals surface area (Å²) in [6.45, 7) is 0. The third kappa shape index (κ3) is 4.60. The van der Waals surface area contributed by atoms with Crippen molar-refractivity contribution in [3.05, 3.63) is 50.3 Å². The van der Waals surface area contributed by atoms with Crippen molar-refractivity contribution >= 4 is 67.5 Å². The Labute approximate surface area is 180 Å². The van der Waals surface area contributed by atoms with Crippen LogP contribution in [0.1, 0.15) is 32.8 Å². The SMILES string of the molecule is COc1ccc(Br)cc1C=CC(=O)NC(=S)Nc1sc2c(c1C(N)=O)CCC2. The number of primary amides is 1. The van der Waals surface area contributed by atoms with Crippen molar-refractivity contribution in [2.75, 3.05) is 12.4 Å². The van der Waals surface area contributed by atoms with E-state index >= 15 is 0 Å². The molecule has 0 unspecified atom stereocenters. The Morgan fingerprint density at radius 2 is 2.14 bits per heavy atom. The third-order valence-electron chi connectivity index (χ3n) is 4.24. The molecule has 9 heteroatoms. The van der Waals surface area contributed by atoms with Gasteiger partial charge in [0.2, 0.25) is 5.91 Å². The van der Waals surface area contributed by atoms with Crippen LogP contribution < -0.4 is 21.1 Å². The summed E-state index contributed by atoms with van der Waals surface area (Å²) < 4.78 is 6.14. The molecular weight excluding hydrogens is 462 g/mol. The molecule has 0 saturated carbocycles. The number of benzene rings is 1. The maximum absolute atomic E-state index is 12.2. The maximum Gasteiger partial charge on any atom is 0.251 e. The van der Waals surface area contributed by atoms with Crippen molar-refractivity contribution in [2.24, 2.45) is 5.73 Å². The van der Waals surface area contributed by atoms with Gasteiger partial charge in [-0.05, 0) is 61.3 Å². The van der Waals surface area contributed by atoms with Crippen molar-refractivity contribution in [3.8, 4) is 5.75 Å². The lowest BCUT2D eigenvalue weighted by molar-refractivity contribution is -0.115. The van der Waals surface area contributed by atoms with E-state index in [-0.39, 0.29) is 5.11 Å². The van der Waals surface area contributed by atoms with Crippen molar-refractivity contribution < 1.29 is 14.3 Å². The highest BCUT2D eigenvalue weighted by Crippen LogP contribution is 2.38. The van der Waals surface area contributed by atoms with Gasteiger partial charge in [-0.3, -0.25) is 14.9 Å². The first-order valence-corrected chi connectivity index (χ1v) is 10.5. The maximum atomic E-state index is 12.2. The topological polar surface area (TPSA) is 93.4 Å². The van der Waals surface area contributed by atoms with Crippen molar-refractivity contribution in [1.29, 1.82) is 0 Å². The molecule has 1 aromatic heterocycles. The molecule has 2 aromatic rings. The van der Waals surface area contributed by atoms with Gasteiger partial charge in [-0.15, -0.1) is 11.3 Å². The predicted octanol–water partition coefficient (Wildman–Crippen LogP) is 3.63. The Bertz CT molecular complexity index is 985. The van der Waals surface area contributed by atoms with Crippen LogP contribution in [0.25, 0.3) is 6.08 Å². The molecule has 0 saturated heterocycles. The largest absolute Gasteiger partial charge is 0.496 e. The van der Waals surface area contributed by atoms with Gasteiger partial charge < -0.3 is 15.8 Å². The Morgan fingerprint density at radius 3 is 2.86 bits per heavy atom. The summed E-state index contributed by atoms with van der Waals surface area (Å²) in [4.78, 5) is 25.2. The number of nitrogens with two attached hydrogens (primary N) is 1. The van der Waals surface area contributed by atoms with Crippen molar-refractivity contribution in [2.45, 2.75) is 19.3 Å². The minimum Gasteiger partial charge on any atom is -0.496 e. The summed E-state index contributed by atoms with van der Waals surface area (Å²) in [6.07, 6.45) is 5.78. The Balaban J connectivity index is 1.67. The molecule has 0 fully saturated rings. The Morgan fingerprint density at radius 1 is 1.36 bits per heavy atom. The monoisotopic (exact) mass is 479 g/mol. The van der Waals surface area contributed by atoms with Gasteiger partial charge in [0, 0.05) is 21.0 Å². The molecule has 3 rings (SSSR count). The number of carbonyl (C=O) groups excluding carboxylic acids is 2. The normalized spacial score (nSPS) is 12.6. The Kier molecular flexibility index (Phi) is 6.48. The standard InChI is InChI=1S/C19H18BrN3O3S2/c1-26-13-7-6-11(20)9-10(13)5-8-15(24)22-19(27)23-18-16(17(21)25)12-3-2-4-14(12)28-18/h5-9H,2-4H2,1H3,(H2,21,25)(H2,22,23,24,27). The number of thiophene rings is 1. The number of hydrogen-bond acceptors (Lipinski definition) is 5. The van der Waals surface area contributed by atoms with Crippen LogP contribution in [-0.2, 0) is 17.6 Å². The molecule has 1 aliphatic carbocycles. The second-order valence-electron chi connectivity index (χ2n) is 6.09. The fourth-order valence-electron chi connectivity index (χ4n) is 3.04. The van der Waals surface area contributed by atoms with E-state index in [4.69, 9.17) is 22.7 Å². The first-order valence-electron chi connectivity index (χ1n) is 8.47. The zero-order chi connectivity index (χ0) is 20.3. The van der Waals surface area contributed by atoms with Gasteiger partial charge in [-0.2, -0.15) is 0 Å².